The van der Waals surface area contributed by atoms with Crippen LogP contribution in [-0.4, -0.2) is 34.0 Å². The Labute approximate surface area is 190 Å². The van der Waals surface area contributed by atoms with Gasteiger partial charge < -0.3 is 9.64 Å². The number of hydrogen-bond acceptors (Lipinski definition) is 4. The molecular formula is C26H24FN3O3. The number of ether oxygens (including phenoxy) is 1. The summed E-state index contributed by atoms with van der Waals surface area (Å²) in [7, 11) is 1.56. The van der Waals surface area contributed by atoms with Gasteiger partial charge in [-0.3, -0.25) is 14.2 Å². The molecule has 3 aromatic carbocycles. The predicted molar refractivity (Wildman–Crippen MR) is 125 cm³/mol. The Bertz CT molecular complexity index is 1370. The Morgan fingerprint density at radius 1 is 1.06 bits per heavy atom. The van der Waals surface area contributed by atoms with Crippen LogP contribution in [0.5, 0.6) is 5.75 Å². The van der Waals surface area contributed by atoms with Crippen molar-refractivity contribution in [2.75, 3.05) is 13.7 Å². The third kappa shape index (κ3) is 4.09. The van der Waals surface area contributed by atoms with Gasteiger partial charge in [0.1, 0.15) is 17.4 Å². The molecule has 0 saturated carbocycles. The number of methoxy groups -OCH3 is 1. The Morgan fingerprint density at radius 3 is 2.39 bits per heavy atom. The summed E-state index contributed by atoms with van der Waals surface area (Å²) < 4.78 is 21.2. The van der Waals surface area contributed by atoms with Crippen LogP contribution in [-0.2, 0) is 0 Å². The molecule has 0 radical (unpaired) electrons. The van der Waals surface area contributed by atoms with E-state index in [4.69, 9.17) is 9.72 Å². The summed E-state index contributed by atoms with van der Waals surface area (Å²) in [6, 6.07) is 19.2. The molecule has 6 nitrogen and oxygen atoms in total. The second kappa shape index (κ2) is 9.24. The molecule has 4 rings (SSSR count). The number of aromatic nitrogens is 2. The van der Waals surface area contributed by atoms with E-state index in [1.165, 1.54) is 16.7 Å². The molecule has 1 atom stereocenters. The van der Waals surface area contributed by atoms with E-state index in [1.807, 2.05) is 6.92 Å². The van der Waals surface area contributed by atoms with Gasteiger partial charge in [-0.05, 0) is 62.4 Å². The maximum absolute atomic E-state index is 14.8. The number of carbonyl (C=O) groups is 1. The molecule has 1 aromatic heterocycles. The molecule has 1 amide bonds. The van der Waals surface area contributed by atoms with E-state index in [-0.39, 0.29) is 23.0 Å². The third-order valence-corrected chi connectivity index (χ3v) is 5.67. The second-order valence-corrected chi connectivity index (χ2v) is 7.57. The van der Waals surface area contributed by atoms with Gasteiger partial charge in [0.05, 0.1) is 29.7 Å². The van der Waals surface area contributed by atoms with Crippen LogP contribution in [0.3, 0.4) is 0 Å². The molecule has 0 fully saturated rings. The molecule has 0 saturated heterocycles. The normalized spacial score (nSPS) is 11.9. The smallest absolute Gasteiger partial charge is 0.266 e. The average molecular weight is 445 g/mol. The van der Waals surface area contributed by atoms with Gasteiger partial charge in [0.25, 0.3) is 11.5 Å². The quantitative estimate of drug-likeness (QED) is 0.429. The zero-order valence-corrected chi connectivity index (χ0v) is 18.7. The number of halogens is 1. The maximum Gasteiger partial charge on any atom is 0.266 e. The van der Waals surface area contributed by atoms with Crippen LogP contribution >= 0.6 is 0 Å². The van der Waals surface area contributed by atoms with Crippen LogP contribution in [0.4, 0.5) is 4.39 Å². The first-order valence-corrected chi connectivity index (χ1v) is 10.7. The van der Waals surface area contributed by atoms with Gasteiger partial charge >= 0.3 is 0 Å². The number of amides is 1. The van der Waals surface area contributed by atoms with Gasteiger partial charge in [-0.2, -0.15) is 0 Å². The second-order valence-electron chi connectivity index (χ2n) is 7.57. The lowest BCUT2D eigenvalue weighted by atomic mass is 10.1. The lowest BCUT2D eigenvalue weighted by molar-refractivity contribution is 0.0693. The molecule has 0 bridgehead atoms. The minimum atomic E-state index is -0.610. The highest BCUT2D eigenvalue weighted by molar-refractivity contribution is 5.94. The van der Waals surface area contributed by atoms with E-state index < -0.39 is 11.9 Å². The van der Waals surface area contributed by atoms with Gasteiger partial charge in [-0.1, -0.05) is 24.3 Å². The van der Waals surface area contributed by atoms with Crippen molar-refractivity contribution in [3.63, 3.8) is 0 Å². The van der Waals surface area contributed by atoms with Crippen molar-refractivity contribution in [3.8, 4) is 11.4 Å². The Hall–Kier alpha value is -4.00. The van der Waals surface area contributed by atoms with E-state index in [9.17, 15) is 14.0 Å². The molecule has 0 aliphatic carbocycles. The topological polar surface area (TPSA) is 64.4 Å². The van der Waals surface area contributed by atoms with Crippen molar-refractivity contribution in [1.29, 1.82) is 0 Å². The highest BCUT2D eigenvalue weighted by atomic mass is 19.1. The molecule has 4 aromatic rings. The lowest BCUT2D eigenvalue weighted by Gasteiger charge is -2.29. The molecule has 7 heteroatoms. The van der Waals surface area contributed by atoms with E-state index in [0.717, 1.165) is 0 Å². The third-order valence-electron chi connectivity index (χ3n) is 5.67. The van der Waals surface area contributed by atoms with E-state index in [2.05, 4.69) is 0 Å². The molecule has 1 unspecified atom stereocenters. The van der Waals surface area contributed by atoms with Crippen molar-refractivity contribution in [1.82, 2.24) is 14.5 Å². The Morgan fingerprint density at radius 2 is 1.73 bits per heavy atom. The fourth-order valence-corrected chi connectivity index (χ4v) is 3.93. The molecule has 0 spiro atoms. The zero-order valence-electron chi connectivity index (χ0n) is 18.7. The largest absolute Gasteiger partial charge is 0.497 e. The van der Waals surface area contributed by atoms with Gasteiger partial charge in [-0.15, -0.1) is 0 Å². The van der Waals surface area contributed by atoms with Crippen molar-refractivity contribution >= 4 is 16.8 Å². The minimum absolute atomic E-state index is 0.0931. The fourth-order valence-electron chi connectivity index (χ4n) is 3.93. The minimum Gasteiger partial charge on any atom is -0.497 e. The molecular weight excluding hydrogens is 421 g/mol. The highest BCUT2D eigenvalue weighted by Gasteiger charge is 2.27. The SMILES string of the molecule is CCN(C(=O)c1ccc(OC)cc1)C(C)c1nc2ccccc2c(=O)n1-c1ccccc1F. The summed E-state index contributed by atoms with van der Waals surface area (Å²) in [5.41, 5.74) is 0.672. The first-order chi connectivity index (χ1) is 16.0. The molecule has 168 valence electrons. The molecule has 33 heavy (non-hydrogen) atoms. The molecule has 0 N–H and O–H groups in total. The number of benzene rings is 3. The highest BCUT2D eigenvalue weighted by Crippen LogP contribution is 2.25. The summed E-state index contributed by atoms with van der Waals surface area (Å²) in [5, 5.41) is 0.376. The van der Waals surface area contributed by atoms with Crippen LogP contribution in [0.25, 0.3) is 16.6 Å². The van der Waals surface area contributed by atoms with Gasteiger partial charge in [0.2, 0.25) is 0 Å². The molecule has 0 aliphatic heterocycles. The summed E-state index contributed by atoms with van der Waals surface area (Å²) in [4.78, 5) is 33.1. The van der Waals surface area contributed by atoms with Crippen LogP contribution in [0.15, 0.2) is 77.6 Å². The lowest BCUT2D eigenvalue weighted by Crippen LogP contribution is -2.37. The van der Waals surface area contributed by atoms with Crippen molar-refractivity contribution in [2.24, 2.45) is 0 Å². The predicted octanol–water partition coefficient (Wildman–Crippen LogP) is 4.76. The first-order valence-electron chi connectivity index (χ1n) is 10.7. The standard InChI is InChI=1S/C26H24FN3O3/c1-4-29(25(31)18-13-15-19(33-3)16-14-18)17(2)24-28-22-11-7-5-9-20(22)26(32)30(24)23-12-8-6-10-21(23)27/h5-17H,4H2,1-3H3. The number of para-hydroxylation sites is 2. The number of carbonyl (C=O) groups excluding carboxylic acids is 1. The van der Waals surface area contributed by atoms with E-state index >= 15 is 0 Å². The van der Waals surface area contributed by atoms with Crippen molar-refractivity contribution < 1.29 is 13.9 Å². The number of nitrogens with zero attached hydrogens (tertiary/aromatic N) is 3. The van der Waals surface area contributed by atoms with E-state index in [1.54, 1.807) is 79.6 Å². The van der Waals surface area contributed by atoms with Crippen LogP contribution in [0, 0.1) is 5.82 Å². The van der Waals surface area contributed by atoms with Gasteiger partial charge in [0.15, 0.2) is 0 Å². The van der Waals surface area contributed by atoms with Crippen molar-refractivity contribution in [3.05, 3.63) is 100 Å². The van der Waals surface area contributed by atoms with Crippen LogP contribution in [0.2, 0.25) is 0 Å². The fraction of sp³-hybridized carbons (Fsp3) is 0.192. The average Bonchev–Trinajstić information content (AvgIpc) is 2.85. The van der Waals surface area contributed by atoms with Gasteiger partial charge in [-0.25, -0.2) is 9.37 Å². The molecule has 1 heterocycles. The Kier molecular flexibility index (Phi) is 6.22. The van der Waals surface area contributed by atoms with E-state index in [0.29, 0.717) is 28.8 Å². The zero-order chi connectivity index (χ0) is 23.5. The van der Waals surface area contributed by atoms with Crippen molar-refractivity contribution in [2.45, 2.75) is 19.9 Å². The summed E-state index contributed by atoms with van der Waals surface area (Å²) >= 11 is 0. The number of fused-ring (bicyclic) bond motifs is 1. The van der Waals surface area contributed by atoms with Crippen LogP contribution in [0.1, 0.15) is 36.1 Å². The van der Waals surface area contributed by atoms with Crippen LogP contribution < -0.4 is 10.3 Å². The summed E-state index contributed by atoms with van der Waals surface area (Å²) in [6.07, 6.45) is 0. The maximum atomic E-state index is 14.8. The summed E-state index contributed by atoms with van der Waals surface area (Å²) in [6.45, 7) is 4.01. The van der Waals surface area contributed by atoms with Gasteiger partial charge in [0, 0.05) is 12.1 Å². The summed E-state index contributed by atoms with van der Waals surface area (Å²) in [5.74, 6) is 0.157. The monoisotopic (exact) mass is 445 g/mol. The first kappa shape index (κ1) is 22.2. The number of hydrogen-bond donors (Lipinski definition) is 0. The molecule has 0 aliphatic rings. The number of rotatable bonds is 6. The Balaban J connectivity index is 1.88.